The molecule has 0 radical (unpaired) electrons. The molecule has 0 saturated carbocycles. The van der Waals surface area contributed by atoms with Gasteiger partial charge in [0.1, 0.15) is 5.69 Å². The Morgan fingerprint density at radius 1 is 1.58 bits per heavy atom. The van der Waals surface area contributed by atoms with Crippen LogP contribution in [0.4, 0.5) is 11.8 Å². The van der Waals surface area contributed by atoms with Crippen LogP contribution >= 0.6 is 11.6 Å². The molecule has 1 aromatic rings. The Kier molecular flexibility index (Phi) is 4.21. The first-order chi connectivity index (χ1) is 9.06. The number of aromatic nitrogens is 2. The number of rotatable bonds is 4. The summed E-state index contributed by atoms with van der Waals surface area (Å²) >= 11 is 6.04. The number of imidazole rings is 1. The van der Waals surface area contributed by atoms with Crippen LogP contribution in [0.3, 0.4) is 0 Å². The van der Waals surface area contributed by atoms with Gasteiger partial charge >= 0.3 is 0 Å². The van der Waals surface area contributed by atoms with Crippen molar-refractivity contribution in [3.8, 4) is 0 Å². The van der Waals surface area contributed by atoms with E-state index in [0.717, 1.165) is 25.5 Å². The molecule has 104 valence electrons. The lowest BCUT2D eigenvalue weighted by Crippen LogP contribution is -2.31. The Morgan fingerprint density at radius 3 is 2.84 bits per heavy atom. The summed E-state index contributed by atoms with van der Waals surface area (Å²) in [6.45, 7) is 5.43. The summed E-state index contributed by atoms with van der Waals surface area (Å²) in [5.74, 6) is 1.28. The quantitative estimate of drug-likeness (QED) is 0.852. The highest BCUT2D eigenvalue weighted by molar-refractivity contribution is 6.69. The number of aliphatic imine (C=N–C) groups is 2. The lowest BCUT2D eigenvalue weighted by molar-refractivity contribution is 0.315. The average molecular weight is 283 g/mol. The van der Waals surface area contributed by atoms with Crippen molar-refractivity contribution in [2.45, 2.75) is 12.5 Å². The van der Waals surface area contributed by atoms with Crippen molar-refractivity contribution in [2.24, 2.45) is 9.98 Å². The van der Waals surface area contributed by atoms with E-state index in [0.29, 0.717) is 22.7 Å². The highest BCUT2D eigenvalue weighted by Gasteiger charge is 2.27. The molecular formula is C12H19ClN6. The van der Waals surface area contributed by atoms with Crippen molar-refractivity contribution < 1.29 is 0 Å². The fourth-order valence-electron chi connectivity index (χ4n) is 2.23. The van der Waals surface area contributed by atoms with E-state index in [1.807, 2.05) is 0 Å². The van der Waals surface area contributed by atoms with Crippen LogP contribution < -0.4 is 4.90 Å². The standard InChI is InChI=1S/C12H19ClN6/c1-14-10(13)9-11(15-2)17-12(16-9)19-6-5-8(7-19)18(3)4/h8H,2,5-7H2,1,3-4H3,(H,16,17). The summed E-state index contributed by atoms with van der Waals surface area (Å²) in [5.41, 5.74) is 0.627. The third-order valence-corrected chi connectivity index (χ3v) is 3.78. The summed E-state index contributed by atoms with van der Waals surface area (Å²) in [4.78, 5) is 19.9. The zero-order valence-electron chi connectivity index (χ0n) is 11.5. The zero-order chi connectivity index (χ0) is 14.0. The molecule has 7 heteroatoms. The summed E-state index contributed by atoms with van der Waals surface area (Å²) in [7, 11) is 5.83. The number of hydrogen-bond acceptors (Lipinski definition) is 5. The van der Waals surface area contributed by atoms with E-state index in [1.54, 1.807) is 7.05 Å². The monoisotopic (exact) mass is 282 g/mol. The minimum Gasteiger partial charge on any atom is -0.341 e. The second kappa shape index (κ2) is 5.71. The van der Waals surface area contributed by atoms with Crippen LogP contribution in [-0.4, -0.2) is 67.0 Å². The number of nitrogens with one attached hydrogen (secondary N) is 1. The molecule has 2 rings (SSSR count). The minimum absolute atomic E-state index is 0.365. The number of likely N-dealkylation sites (N-methyl/N-ethyl adjacent to an activating group) is 1. The van der Waals surface area contributed by atoms with Gasteiger partial charge in [-0.05, 0) is 27.2 Å². The molecule has 1 atom stereocenters. The Labute approximate surface area is 118 Å². The fourth-order valence-corrected chi connectivity index (χ4v) is 2.36. The van der Waals surface area contributed by atoms with Crippen LogP contribution in [0.5, 0.6) is 0 Å². The van der Waals surface area contributed by atoms with Crippen molar-refractivity contribution >= 4 is 35.3 Å². The molecule has 1 unspecified atom stereocenters. The fraction of sp³-hybridized carbons (Fsp3) is 0.583. The molecule has 0 aliphatic carbocycles. The smallest absolute Gasteiger partial charge is 0.205 e. The van der Waals surface area contributed by atoms with Gasteiger partial charge in [-0.25, -0.2) is 4.99 Å². The van der Waals surface area contributed by atoms with Gasteiger partial charge in [-0.2, -0.15) is 4.98 Å². The second-order valence-corrected chi connectivity index (χ2v) is 5.14. The SMILES string of the molecule is C=Nc1nc(N2CCC(N(C)C)C2)[nH]c1C(Cl)=NC. The molecule has 0 spiro atoms. The lowest BCUT2D eigenvalue weighted by atomic mass is 10.2. The Balaban J connectivity index is 2.23. The molecule has 19 heavy (non-hydrogen) atoms. The molecule has 2 heterocycles. The highest BCUT2D eigenvalue weighted by atomic mass is 35.5. The van der Waals surface area contributed by atoms with Crippen LogP contribution in [0.15, 0.2) is 9.98 Å². The molecule has 1 aromatic heterocycles. The van der Waals surface area contributed by atoms with E-state index in [2.05, 4.69) is 50.6 Å². The maximum absolute atomic E-state index is 6.04. The van der Waals surface area contributed by atoms with Gasteiger partial charge in [0.15, 0.2) is 11.0 Å². The van der Waals surface area contributed by atoms with Gasteiger partial charge in [0.25, 0.3) is 0 Å². The molecular weight excluding hydrogens is 264 g/mol. The predicted molar refractivity (Wildman–Crippen MR) is 80.4 cm³/mol. The van der Waals surface area contributed by atoms with Crippen LogP contribution in [-0.2, 0) is 0 Å². The van der Waals surface area contributed by atoms with Crippen LogP contribution in [0, 0.1) is 0 Å². The molecule has 0 aromatic carbocycles. The molecule has 0 amide bonds. The number of hydrogen-bond donors (Lipinski definition) is 1. The van der Waals surface area contributed by atoms with Gasteiger partial charge in [-0.1, -0.05) is 11.6 Å². The van der Waals surface area contributed by atoms with Crippen molar-refractivity contribution in [1.29, 1.82) is 0 Å². The molecule has 1 aliphatic rings. The number of H-pyrrole nitrogens is 1. The van der Waals surface area contributed by atoms with Crippen molar-refractivity contribution in [1.82, 2.24) is 14.9 Å². The maximum Gasteiger partial charge on any atom is 0.205 e. The number of halogens is 1. The van der Waals surface area contributed by atoms with Crippen molar-refractivity contribution in [3.05, 3.63) is 5.69 Å². The van der Waals surface area contributed by atoms with E-state index < -0.39 is 0 Å². The van der Waals surface area contributed by atoms with Crippen molar-refractivity contribution in [2.75, 3.05) is 39.1 Å². The maximum atomic E-state index is 6.04. The van der Waals surface area contributed by atoms with Gasteiger partial charge in [0.05, 0.1) is 0 Å². The van der Waals surface area contributed by atoms with Crippen molar-refractivity contribution in [3.63, 3.8) is 0 Å². The van der Waals surface area contributed by atoms with Gasteiger partial charge < -0.3 is 14.8 Å². The Morgan fingerprint density at radius 2 is 2.32 bits per heavy atom. The first-order valence-corrected chi connectivity index (χ1v) is 6.55. The van der Waals surface area contributed by atoms with Crippen LogP contribution in [0.1, 0.15) is 12.1 Å². The minimum atomic E-state index is 0.365. The molecule has 1 N–H and O–H groups in total. The third-order valence-electron chi connectivity index (χ3n) is 3.42. The molecule has 1 aliphatic heterocycles. The zero-order valence-corrected chi connectivity index (χ0v) is 12.3. The van der Waals surface area contributed by atoms with E-state index in [4.69, 9.17) is 11.6 Å². The van der Waals surface area contributed by atoms with Crippen LogP contribution in [0.2, 0.25) is 0 Å². The molecule has 0 bridgehead atoms. The van der Waals surface area contributed by atoms with Gasteiger partial charge in [0.2, 0.25) is 5.95 Å². The first-order valence-electron chi connectivity index (χ1n) is 6.17. The number of nitrogens with zero attached hydrogens (tertiary/aromatic N) is 5. The summed E-state index contributed by atoms with van der Waals surface area (Å²) < 4.78 is 0. The van der Waals surface area contributed by atoms with E-state index >= 15 is 0 Å². The molecule has 1 fully saturated rings. The molecule has 1 saturated heterocycles. The van der Waals surface area contributed by atoms with Gasteiger partial charge in [-0.3, -0.25) is 4.99 Å². The highest BCUT2D eigenvalue weighted by Crippen LogP contribution is 2.26. The number of aromatic amines is 1. The average Bonchev–Trinajstić information content (AvgIpc) is 3.03. The molecule has 6 nitrogen and oxygen atoms in total. The Hall–Kier alpha value is -1.40. The van der Waals surface area contributed by atoms with Gasteiger partial charge in [0, 0.05) is 26.2 Å². The Bertz CT molecular complexity index is 492. The normalized spacial score (nSPS) is 20.4. The lowest BCUT2D eigenvalue weighted by Gasteiger charge is -2.19. The topological polar surface area (TPSA) is 59.9 Å². The summed E-state index contributed by atoms with van der Waals surface area (Å²) in [6.07, 6.45) is 1.12. The third kappa shape index (κ3) is 2.79. The summed E-state index contributed by atoms with van der Waals surface area (Å²) in [6, 6.07) is 0.545. The van der Waals surface area contributed by atoms with E-state index in [-0.39, 0.29) is 0 Å². The first kappa shape index (κ1) is 14.0. The predicted octanol–water partition coefficient (Wildman–Crippen LogP) is 1.50. The largest absolute Gasteiger partial charge is 0.341 e. The van der Waals surface area contributed by atoms with Crippen LogP contribution in [0.25, 0.3) is 0 Å². The van der Waals surface area contributed by atoms with E-state index in [9.17, 15) is 0 Å². The van der Waals surface area contributed by atoms with E-state index in [1.165, 1.54) is 0 Å². The van der Waals surface area contributed by atoms with Gasteiger partial charge in [-0.15, -0.1) is 0 Å². The summed E-state index contributed by atoms with van der Waals surface area (Å²) in [5, 5.41) is 0.365. The number of anilines is 1. The second-order valence-electron chi connectivity index (χ2n) is 4.78.